The molecular formula is C26H33FN6O3. The van der Waals surface area contributed by atoms with E-state index in [1.807, 2.05) is 20.8 Å². The van der Waals surface area contributed by atoms with Gasteiger partial charge in [-0.05, 0) is 32.0 Å². The maximum absolute atomic E-state index is 14.0. The van der Waals surface area contributed by atoms with Gasteiger partial charge >= 0.3 is 0 Å². The fraction of sp³-hybridized carbons (Fsp3) is 0.423. The molecule has 36 heavy (non-hydrogen) atoms. The molecular weight excluding hydrogens is 463 g/mol. The first-order valence-corrected chi connectivity index (χ1v) is 11.9. The number of aliphatic hydroxyl groups excluding tert-OH is 1. The SMILES string of the molecule is C=N/C(C)=C\N[C@H](C(=O)N1CC(O)C[C@H]1C(=O)N[C@@H](C)c1ccc(-c2ncncc2F)cc1)C(C)C. The molecule has 1 aromatic heterocycles. The summed E-state index contributed by atoms with van der Waals surface area (Å²) >= 11 is 0. The van der Waals surface area contributed by atoms with E-state index in [-0.39, 0.29) is 42.4 Å². The normalized spacial score (nSPS) is 19.6. The first-order chi connectivity index (χ1) is 17.1. The minimum atomic E-state index is -0.796. The molecule has 0 bridgehead atoms. The number of hydrogen-bond donors (Lipinski definition) is 3. The number of carbonyl (C=O) groups excluding carboxylic acids is 2. The summed E-state index contributed by atoms with van der Waals surface area (Å²) in [6, 6.07) is 5.27. The number of β-amino-alcohol motifs (C(OH)–C–C–N with tert-alkyl or cyclic N) is 1. The topological polar surface area (TPSA) is 120 Å². The van der Waals surface area contributed by atoms with Crippen LogP contribution in [-0.2, 0) is 9.59 Å². The fourth-order valence-electron chi connectivity index (χ4n) is 4.14. The van der Waals surface area contributed by atoms with Gasteiger partial charge in [-0.15, -0.1) is 0 Å². The number of allylic oxidation sites excluding steroid dienone is 1. The average molecular weight is 497 g/mol. The van der Waals surface area contributed by atoms with Gasteiger partial charge in [-0.3, -0.25) is 14.6 Å². The summed E-state index contributed by atoms with van der Waals surface area (Å²) < 4.78 is 14.0. The zero-order valence-electron chi connectivity index (χ0n) is 21.0. The average Bonchev–Trinajstić information content (AvgIpc) is 3.26. The number of aliphatic hydroxyl groups is 1. The molecule has 3 N–H and O–H groups in total. The molecule has 2 heterocycles. The Bertz CT molecular complexity index is 1120. The van der Waals surface area contributed by atoms with Crippen LogP contribution < -0.4 is 10.6 Å². The third kappa shape index (κ3) is 6.31. The molecule has 1 fully saturated rings. The Morgan fingerprint density at radius 1 is 1.28 bits per heavy atom. The van der Waals surface area contributed by atoms with E-state index in [0.29, 0.717) is 11.3 Å². The van der Waals surface area contributed by atoms with Gasteiger partial charge in [-0.1, -0.05) is 38.1 Å². The number of benzene rings is 1. The summed E-state index contributed by atoms with van der Waals surface area (Å²) in [5.41, 5.74) is 2.23. The molecule has 0 spiro atoms. The van der Waals surface area contributed by atoms with E-state index in [2.05, 4.69) is 32.3 Å². The molecule has 0 aliphatic carbocycles. The van der Waals surface area contributed by atoms with Crippen LogP contribution in [-0.4, -0.2) is 63.2 Å². The van der Waals surface area contributed by atoms with E-state index in [1.165, 1.54) is 11.2 Å². The van der Waals surface area contributed by atoms with Crippen LogP contribution in [0.3, 0.4) is 0 Å². The monoisotopic (exact) mass is 496 g/mol. The Kier molecular flexibility index (Phi) is 8.87. The Morgan fingerprint density at radius 3 is 2.58 bits per heavy atom. The molecule has 1 unspecified atom stereocenters. The van der Waals surface area contributed by atoms with Gasteiger partial charge in [0, 0.05) is 24.7 Å². The maximum Gasteiger partial charge on any atom is 0.246 e. The molecule has 1 aromatic carbocycles. The van der Waals surface area contributed by atoms with Gasteiger partial charge < -0.3 is 20.6 Å². The molecule has 1 saturated heterocycles. The largest absolute Gasteiger partial charge is 0.391 e. The quantitative estimate of drug-likeness (QED) is 0.459. The second-order valence-corrected chi connectivity index (χ2v) is 9.30. The first-order valence-electron chi connectivity index (χ1n) is 11.9. The summed E-state index contributed by atoms with van der Waals surface area (Å²) in [7, 11) is 0. The van der Waals surface area contributed by atoms with Gasteiger partial charge in [0.05, 0.1) is 24.0 Å². The highest BCUT2D eigenvalue weighted by atomic mass is 19.1. The number of likely N-dealkylation sites (tertiary alicyclic amines) is 1. The lowest BCUT2D eigenvalue weighted by Gasteiger charge is -2.30. The molecule has 2 aromatic rings. The highest BCUT2D eigenvalue weighted by Gasteiger charge is 2.41. The Morgan fingerprint density at radius 2 is 1.97 bits per heavy atom. The molecule has 1 aliphatic rings. The lowest BCUT2D eigenvalue weighted by molar-refractivity contribution is -0.141. The lowest BCUT2D eigenvalue weighted by Crippen LogP contribution is -2.53. The van der Waals surface area contributed by atoms with Crippen LogP contribution in [0.5, 0.6) is 0 Å². The molecule has 4 atom stereocenters. The highest BCUT2D eigenvalue weighted by Crippen LogP contribution is 2.24. The number of halogens is 1. The molecule has 10 heteroatoms. The summed E-state index contributed by atoms with van der Waals surface area (Å²) in [5.74, 6) is -1.19. The number of aliphatic imine (C=N–C) groups is 1. The molecule has 0 saturated carbocycles. The van der Waals surface area contributed by atoms with Crippen molar-refractivity contribution in [3.05, 3.63) is 60.1 Å². The lowest BCUT2D eigenvalue weighted by atomic mass is 10.0. The minimum Gasteiger partial charge on any atom is -0.391 e. The van der Waals surface area contributed by atoms with Gasteiger partial charge in [-0.2, -0.15) is 0 Å². The number of nitrogens with zero attached hydrogens (tertiary/aromatic N) is 4. The van der Waals surface area contributed by atoms with E-state index >= 15 is 0 Å². The van der Waals surface area contributed by atoms with Crippen molar-refractivity contribution in [3.63, 3.8) is 0 Å². The van der Waals surface area contributed by atoms with Crippen molar-refractivity contribution in [2.45, 2.75) is 58.3 Å². The van der Waals surface area contributed by atoms with E-state index in [4.69, 9.17) is 0 Å². The van der Waals surface area contributed by atoms with Crippen LogP contribution in [0.1, 0.15) is 45.7 Å². The summed E-state index contributed by atoms with van der Waals surface area (Å²) in [4.78, 5) is 39.4. The third-order valence-electron chi connectivity index (χ3n) is 6.23. The van der Waals surface area contributed by atoms with Crippen molar-refractivity contribution >= 4 is 18.5 Å². The van der Waals surface area contributed by atoms with Crippen molar-refractivity contribution in [2.75, 3.05) is 6.54 Å². The number of hydrogen-bond acceptors (Lipinski definition) is 7. The Balaban J connectivity index is 1.71. The standard InChI is InChI=1S/C26H33FN6O3/c1-15(2)23(30-11-16(3)28-5)26(36)33-13-20(34)10-22(33)25(35)32-17(4)18-6-8-19(9-7-18)24-21(27)12-29-14-31-24/h6-9,11-12,14-15,17,20,22-23,30,34H,5,10,13H2,1-4H3,(H,32,35)/b16-11-/t17-,20?,22-,23-/m0/s1. The van der Waals surface area contributed by atoms with Crippen LogP contribution in [0.4, 0.5) is 4.39 Å². The van der Waals surface area contributed by atoms with Gasteiger partial charge in [0.25, 0.3) is 0 Å². The number of amides is 2. The molecule has 3 rings (SSSR count). The van der Waals surface area contributed by atoms with Crippen molar-refractivity contribution < 1.29 is 19.1 Å². The van der Waals surface area contributed by atoms with Crippen molar-refractivity contribution in [2.24, 2.45) is 10.9 Å². The smallest absolute Gasteiger partial charge is 0.246 e. The van der Waals surface area contributed by atoms with Crippen LogP contribution >= 0.6 is 0 Å². The second kappa shape index (κ2) is 11.9. The second-order valence-electron chi connectivity index (χ2n) is 9.30. The van der Waals surface area contributed by atoms with Crippen molar-refractivity contribution in [1.29, 1.82) is 0 Å². The number of aromatic nitrogens is 2. The van der Waals surface area contributed by atoms with Crippen LogP contribution in [0, 0.1) is 11.7 Å². The first kappa shape index (κ1) is 26.9. The van der Waals surface area contributed by atoms with Gasteiger partial charge in [-0.25, -0.2) is 14.4 Å². The zero-order chi connectivity index (χ0) is 26.4. The van der Waals surface area contributed by atoms with Crippen LogP contribution in [0.15, 0.2) is 53.7 Å². The fourth-order valence-corrected chi connectivity index (χ4v) is 4.14. The van der Waals surface area contributed by atoms with Gasteiger partial charge in [0.2, 0.25) is 11.8 Å². The number of rotatable bonds is 9. The van der Waals surface area contributed by atoms with Crippen molar-refractivity contribution in [1.82, 2.24) is 25.5 Å². The minimum absolute atomic E-state index is 0.0648. The molecule has 2 amide bonds. The van der Waals surface area contributed by atoms with E-state index < -0.39 is 24.0 Å². The van der Waals surface area contributed by atoms with E-state index in [0.717, 1.165) is 11.8 Å². The molecule has 9 nitrogen and oxygen atoms in total. The summed E-state index contributed by atoms with van der Waals surface area (Å²) in [5, 5.41) is 16.3. The Labute approximate surface area is 210 Å². The third-order valence-corrected chi connectivity index (χ3v) is 6.23. The predicted octanol–water partition coefficient (Wildman–Crippen LogP) is 2.60. The Hall–Kier alpha value is -3.66. The van der Waals surface area contributed by atoms with Crippen LogP contribution in [0.2, 0.25) is 0 Å². The van der Waals surface area contributed by atoms with Gasteiger partial charge in [0.1, 0.15) is 24.1 Å². The molecule has 0 radical (unpaired) electrons. The maximum atomic E-state index is 14.0. The van der Waals surface area contributed by atoms with Crippen molar-refractivity contribution in [3.8, 4) is 11.3 Å². The number of carbonyl (C=O) groups is 2. The zero-order valence-corrected chi connectivity index (χ0v) is 21.0. The van der Waals surface area contributed by atoms with Gasteiger partial charge in [0.15, 0.2) is 5.82 Å². The molecule has 192 valence electrons. The highest BCUT2D eigenvalue weighted by molar-refractivity contribution is 5.91. The van der Waals surface area contributed by atoms with E-state index in [1.54, 1.807) is 37.4 Å². The molecule has 1 aliphatic heterocycles. The summed E-state index contributed by atoms with van der Waals surface area (Å²) in [6.07, 6.45) is 3.38. The summed E-state index contributed by atoms with van der Waals surface area (Å²) in [6.45, 7) is 10.9. The predicted molar refractivity (Wildman–Crippen MR) is 135 cm³/mol. The number of nitrogens with one attached hydrogen (secondary N) is 2. The van der Waals surface area contributed by atoms with Crippen LogP contribution in [0.25, 0.3) is 11.3 Å². The van der Waals surface area contributed by atoms with E-state index in [9.17, 15) is 19.1 Å².